The first kappa shape index (κ1) is 16.9. The predicted molar refractivity (Wildman–Crippen MR) is 94.5 cm³/mol. The van der Waals surface area contributed by atoms with E-state index >= 15 is 0 Å². The molecule has 1 aliphatic rings. The normalized spacial score (nSPS) is 18.8. The van der Waals surface area contributed by atoms with E-state index in [0.29, 0.717) is 24.0 Å². The zero-order chi connectivity index (χ0) is 18.5. The number of halogens is 1. The van der Waals surface area contributed by atoms with Gasteiger partial charge in [0.1, 0.15) is 10.8 Å². The van der Waals surface area contributed by atoms with Gasteiger partial charge in [-0.05, 0) is 30.2 Å². The highest BCUT2D eigenvalue weighted by molar-refractivity contribution is 7.15. The van der Waals surface area contributed by atoms with E-state index in [1.807, 2.05) is 13.1 Å². The van der Waals surface area contributed by atoms with E-state index in [-0.39, 0.29) is 5.82 Å². The molecule has 0 spiro atoms. The Kier molecular flexibility index (Phi) is 3.89. The number of rotatable bonds is 3. The summed E-state index contributed by atoms with van der Waals surface area (Å²) in [4.78, 5) is 18.3. The van der Waals surface area contributed by atoms with Gasteiger partial charge in [0.25, 0.3) is 5.91 Å². The van der Waals surface area contributed by atoms with Gasteiger partial charge >= 0.3 is 0 Å². The molecule has 2 aromatic heterocycles. The van der Waals surface area contributed by atoms with Crippen LogP contribution < -0.4 is 5.48 Å². The van der Waals surface area contributed by atoms with Gasteiger partial charge < -0.3 is 0 Å². The van der Waals surface area contributed by atoms with Crippen LogP contribution in [0, 0.1) is 12.7 Å². The molecule has 1 aromatic carbocycles. The van der Waals surface area contributed by atoms with E-state index in [0.717, 1.165) is 21.3 Å². The van der Waals surface area contributed by atoms with Gasteiger partial charge in [-0.1, -0.05) is 12.1 Å². The lowest BCUT2D eigenvalue weighted by Gasteiger charge is -2.28. The highest BCUT2D eigenvalue weighted by Crippen LogP contribution is 2.45. The van der Waals surface area contributed by atoms with Crippen molar-refractivity contribution in [2.24, 2.45) is 7.05 Å². The Bertz CT molecular complexity index is 987. The molecule has 2 heterocycles. The number of carbonyl (C=O) groups is 1. The second-order valence-electron chi connectivity index (χ2n) is 6.52. The van der Waals surface area contributed by atoms with Crippen LogP contribution in [-0.2, 0) is 30.1 Å². The molecule has 1 unspecified atom stereocenters. The number of hydrogen-bond acceptors (Lipinski definition) is 5. The summed E-state index contributed by atoms with van der Waals surface area (Å²) in [6.45, 7) is 1.65. The summed E-state index contributed by atoms with van der Waals surface area (Å²) in [5.74, 6) is -0.912. The number of benzene rings is 1. The third-order valence-corrected chi connectivity index (χ3v) is 6.19. The lowest BCUT2D eigenvalue weighted by Crippen LogP contribution is -2.44. The molecule has 134 valence electrons. The molecule has 0 aliphatic heterocycles. The fourth-order valence-corrected chi connectivity index (χ4v) is 4.93. The number of aryl methyl sites for hydroxylation is 1. The SMILES string of the molecule is Cc1c(F)cccc1C1(C(=O)NO)Cc2nc(-c3ccnn3C)sc2C1. The number of nitrogens with zero attached hydrogens (tertiary/aromatic N) is 3. The Morgan fingerprint density at radius 2 is 2.19 bits per heavy atom. The Balaban J connectivity index is 1.78. The van der Waals surface area contributed by atoms with Gasteiger partial charge in [0, 0.05) is 31.0 Å². The molecule has 0 radical (unpaired) electrons. The minimum absolute atomic E-state index is 0.313. The maximum atomic E-state index is 14.1. The quantitative estimate of drug-likeness (QED) is 0.547. The maximum absolute atomic E-state index is 14.1. The van der Waals surface area contributed by atoms with Crippen molar-refractivity contribution in [3.05, 3.63) is 58.0 Å². The molecule has 8 heteroatoms. The molecule has 2 N–H and O–H groups in total. The van der Waals surface area contributed by atoms with Crippen molar-refractivity contribution in [1.82, 2.24) is 20.2 Å². The van der Waals surface area contributed by atoms with E-state index in [2.05, 4.69) is 10.1 Å². The number of aromatic nitrogens is 3. The highest BCUT2D eigenvalue weighted by Gasteiger charge is 2.48. The number of amides is 1. The van der Waals surface area contributed by atoms with Crippen LogP contribution in [0.4, 0.5) is 4.39 Å². The van der Waals surface area contributed by atoms with Crippen LogP contribution in [0.3, 0.4) is 0 Å². The number of thiazole rings is 1. The summed E-state index contributed by atoms with van der Waals surface area (Å²) < 4.78 is 15.9. The van der Waals surface area contributed by atoms with E-state index in [1.54, 1.807) is 35.4 Å². The molecule has 4 rings (SSSR count). The fraction of sp³-hybridized carbons (Fsp3) is 0.278. The summed E-state index contributed by atoms with van der Waals surface area (Å²) in [5, 5.41) is 14.3. The van der Waals surface area contributed by atoms with Gasteiger partial charge in [-0.3, -0.25) is 14.7 Å². The third kappa shape index (κ3) is 2.37. The molecule has 1 atom stereocenters. The van der Waals surface area contributed by atoms with Crippen LogP contribution in [0.2, 0.25) is 0 Å². The highest BCUT2D eigenvalue weighted by atomic mass is 32.1. The van der Waals surface area contributed by atoms with Crippen molar-refractivity contribution in [1.29, 1.82) is 0 Å². The minimum Gasteiger partial charge on any atom is -0.289 e. The van der Waals surface area contributed by atoms with Gasteiger partial charge in [0.05, 0.1) is 16.8 Å². The largest absolute Gasteiger partial charge is 0.289 e. The van der Waals surface area contributed by atoms with Gasteiger partial charge in [-0.25, -0.2) is 14.9 Å². The minimum atomic E-state index is -1.06. The van der Waals surface area contributed by atoms with Crippen molar-refractivity contribution in [2.45, 2.75) is 25.2 Å². The first-order chi connectivity index (χ1) is 12.5. The second kappa shape index (κ2) is 6.00. The van der Waals surface area contributed by atoms with Crippen molar-refractivity contribution in [3.63, 3.8) is 0 Å². The summed E-state index contributed by atoms with van der Waals surface area (Å²) in [7, 11) is 1.85. The average Bonchev–Trinajstić information content (AvgIpc) is 3.29. The van der Waals surface area contributed by atoms with E-state index in [1.165, 1.54) is 17.4 Å². The molecule has 0 saturated heterocycles. The lowest BCUT2D eigenvalue weighted by atomic mass is 9.75. The molecule has 26 heavy (non-hydrogen) atoms. The molecule has 3 aromatic rings. The first-order valence-corrected chi connectivity index (χ1v) is 8.95. The number of carbonyl (C=O) groups excluding carboxylic acids is 1. The first-order valence-electron chi connectivity index (χ1n) is 8.13. The predicted octanol–water partition coefficient (Wildman–Crippen LogP) is 2.53. The standard InChI is InChI=1S/C18H17FN4O2S/c1-10-11(4-3-5-12(10)19)18(17(24)22-25)8-13-15(9-18)26-16(21-13)14-6-7-20-23(14)2/h3-7,25H,8-9H2,1-2H3,(H,22,24). The van der Waals surface area contributed by atoms with Crippen LogP contribution in [0.1, 0.15) is 21.7 Å². The van der Waals surface area contributed by atoms with Crippen molar-refractivity contribution >= 4 is 17.2 Å². The van der Waals surface area contributed by atoms with E-state index < -0.39 is 11.3 Å². The molecule has 0 bridgehead atoms. The van der Waals surface area contributed by atoms with Crippen LogP contribution in [0.5, 0.6) is 0 Å². The smallest absolute Gasteiger partial charge is 0.254 e. The summed E-state index contributed by atoms with van der Waals surface area (Å²) in [5.41, 5.74) is 3.42. The number of hydroxylamine groups is 1. The van der Waals surface area contributed by atoms with Gasteiger partial charge in [0.15, 0.2) is 0 Å². The summed E-state index contributed by atoms with van der Waals surface area (Å²) in [6, 6.07) is 6.59. The Morgan fingerprint density at radius 3 is 2.85 bits per heavy atom. The van der Waals surface area contributed by atoms with Crippen molar-refractivity contribution < 1.29 is 14.4 Å². The summed E-state index contributed by atoms with van der Waals surface area (Å²) in [6.07, 6.45) is 2.39. The summed E-state index contributed by atoms with van der Waals surface area (Å²) >= 11 is 1.50. The fourth-order valence-electron chi connectivity index (χ4n) is 3.68. The Morgan fingerprint density at radius 1 is 1.38 bits per heavy atom. The molecular weight excluding hydrogens is 355 g/mol. The zero-order valence-electron chi connectivity index (χ0n) is 14.3. The number of fused-ring (bicyclic) bond motifs is 1. The molecule has 1 aliphatic carbocycles. The lowest BCUT2D eigenvalue weighted by molar-refractivity contribution is -0.135. The van der Waals surface area contributed by atoms with Crippen molar-refractivity contribution in [3.8, 4) is 10.7 Å². The molecule has 1 amide bonds. The molecule has 6 nitrogen and oxygen atoms in total. The van der Waals surface area contributed by atoms with Gasteiger partial charge in [-0.15, -0.1) is 11.3 Å². The van der Waals surface area contributed by atoms with Crippen LogP contribution in [-0.4, -0.2) is 25.9 Å². The monoisotopic (exact) mass is 372 g/mol. The zero-order valence-corrected chi connectivity index (χ0v) is 15.1. The average molecular weight is 372 g/mol. The van der Waals surface area contributed by atoms with Gasteiger partial charge in [-0.2, -0.15) is 5.10 Å². The number of hydrogen-bond donors (Lipinski definition) is 2. The molecular formula is C18H17FN4O2S. The topological polar surface area (TPSA) is 80.0 Å². The number of nitrogens with one attached hydrogen (secondary N) is 1. The Hall–Kier alpha value is -2.58. The second-order valence-corrected chi connectivity index (χ2v) is 7.60. The Labute approximate surface area is 153 Å². The maximum Gasteiger partial charge on any atom is 0.254 e. The van der Waals surface area contributed by atoms with Crippen molar-refractivity contribution in [2.75, 3.05) is 0 Å². The van der Waals surface area contributed by atoms with Crippen LogP contribution in [0.15, 0.2) is 30.5 Å². The van der Waals surface area contributed by atoms with Gasteiger partial charge in [0.2, 0.25) is 0 Å². The molecule has 0 fully saturated rings. The molecule has 0 saturated carbocycles. The van der Waals surface area contributed by atoms with Crippen LogP contribution >= 0.6 is 11.3 Å². The third-order valence-electron chi connectivity index (χ3n) is 5.07. The van der Waals surface area contributed by atoms with E-state index in [4.69, 9.17) is 0 Å². The van der Waals surface area contributed by atoms with Crippen LogP contribution in [0.25, 0.3) is 10.7 Å². The van der Waals surface area contributed by atoms with E-state index in [9.17, 15) is 14.4 Å².